The Labute approximate surface area is 150 Å². The van der Waals surface area contributed by atoms with Gasteiger partial charge in [0, 0.05) is 31.0 Å². The van der Waals surface area contributed by atoms with Crippen LogP contribution in [-0.2, 0) is 11.3 Å². The van der Waals surface area contributed by atoms with E-state index in [0.717, 1.165) is 19.5 Å². The summed E-state index contributed by atoms with van der Waals surface area (Å²) < 4.78 is 3.04. The van der Waals surface area contributed by atoms with Crippen LogP contribution in [-0.4, -0.2) is 55.6 Å². The maximum Gasteiger partial charge on any atom is 0.262 e. The first kappa shape index (κ1) is 16.7. The number of amides is 1. The SMILES string of the molecule is CCN1CCC[C@@H]1CNC(=O)Cn1ccc2c(cnc3ccnn32)c1=O. The summed E-state index contributed by atoms with van der Waals surface area (Å²) in [6.07, 6.45) is 7.10. The van der Waals surface area contributed by atoms with Gasteiger partial charge in [0.15, 0.2) is 5.65 Å². The molecule has 4 rings (SSSR count). The summed E-state index contributed by atoms with van der Waals surface area (Å²) in [6.45, 7) is 4.87. The molecule has 1 atom stereocenters. The molecule has 0 aromatic carbocycles. The molecule has 136 valence electrons. The lowest BCUT2D eigenvalue weighted by Gasteiger charge is -2.22. The van der Waals surface area contributed by atoms with Crippen LogP contribution in [0.2, 0.25) is 0 Å². The van der Waals surface area contributed by atoms with Crippen molar-refractivity contribution in [2.24, 2.45) is 0 Å². The predicted octanol–water partition coefficient (Wildman–Crippen LogP) is 0.645. The number of rotatable bonds is 5. The van der Waals surface area contributed by atoms with Gasteiger partial charge in [-0.2, -0.15) is 5.10 Å². The fourth-order valence-corrected chi connectivity index (χ4v) is 3.71. The van der Waals surface area contributed by atoms with E-state index in [9.17, 15) is 9.59 Å². The van der Waals surface area contributed by atoms with Gasteiger partial charge < -0.3 is 9.88 Å². The molecule has 1 aliphatic rings. The maximum absolute atomic E-state index is 12.7. The number of aromatic nitrogens is 4. The van der Waals surface area contributed by atoms with Crippen LogP contribution in [0.15, 0.2) is 35.5 Å². The first-order chi connectivity index (χ1) is 12.7. The quantitative estimate of drug-likeness (QED) is 0.727. The Hall–Kier alpha value is -2.74. The molecule has 3 aromatic heterocycles. The molecule has 1 saturated heterocycles. The third-order valence-corrected chi connectivity index (χ3v) is 5.11. The Morgan fingerprint density at radius 3 is 3.12 bits per heavy atom. The molecule has 0 aliphatic carbocycles. The molecule has 0 bridgehead atoms. The van der Waals surface area contributed by atoms with Crippen molar-refractivity contribution in [3.63, 3.8) is 0 Å². The molecule has 3 aromatic rings. The average molecular weight is 354 g/mol. The number of carbonyl (C=O) groups excluding carboxylic acids is 1. The molecule has 1 fully saturated rings. The summed E-state index contributed by atoms with van der Waals surface area (Å²) in [4.78, 5) is 31.6. The summed E-state index contributed by atoms with van der Waals surface area (Å²) in [7, 11) is 0. The van der Waals surface area contributed by atoms with Crippen LogP contribution < -0.4 is 10.9 Å². The molecule has 1 aliphatic heterocycles. The van der Waals surface area contributed by atoms with Crippen LogP contribution in [0.3, 0.4) is 0 Å². The molecule has 8 heteroatoms. The van der Waals surface area contributed by atoms with E-state index in [-0.39, 0.29) is 18.0 Å². The lowest BCUT2D eigenvalue weighted by atomic mass is 10.2. The van der Waals surface area contributed by atoms with E-state index in [1.165, 1.54) is 11.0 Å². The Bertz CT molecular complexity index is 1010. The van der Waals surface area contributed by atoms with E-state index in [4.69, 9.17) is 0 Å². The zero-order chi connectivity index (χ0) is 18.1. The number of likely N-dealkylation sites (tertiary alicyclic amines) is 1. The van der Waals surface area contributed by atoms with Crippen molar-refractivity contribution in [3.05, 3.63) is 41.1 Å². The molecule has 0 spiro atoms. The van der Waals surface area contributed by atoms with Gasteiger partial charge in [0.1, 0.15) is 6.54 Å². The highest BCUT2D eigenvalue weighted by molar-refractivity contribution is 5.80. The molecule has 8 nitrogen and oxygen atoms in total. The number of hydrogen-bond acceptors (Lipinski definition) is 5. The van der Waals surface area contributed by atoms with Crippen molar-refractivity contribution in [1.29, 1.82) is 0 Å². The minimum absolute atomic E-state index is 0.00472. The van der Waals surface area contributed by atoms with Gasteiger partial charge in [0.25, 0.3) is 5.56 Å². The van der Waals surface area contributed by atoms with Crippen LogP contribution in [0, 0.1) is 0 Å². The molecule has 1 amide bonds. The van der Waals surface area contributed by atoms with Crippen LogP contribution in [0.1, 0.15) is 19.8 Å². The van der Waals surface area contributed by atoms with Crippen LogP contribution in [0.25, 0.3) is 16.6 Å². The first-order valence-electron chi connectivity index (χ1n) is 9.00. The number of fused-ring (bicyclic) bond motifs is 3. The van der Waals surface area contributed by atoms with Crippen molar-refractivity contribution < 1.29 is 4.79 Å². The van der Waals surface area contributed by atoms with Gasteiger partial charge in [-0.3, -0.25) is 14.5 Å². The Morgan fingerprint density at radius 2 is 2.27 bits per heavy atom. The summed E-state index contributed by atoms with van der Waals surface area (Å²) in [6, 6.07) is 3.97. The predicted molar refractivity (Wildman–Crippen MR) is 98.0 cm³/mol. The van der Waals surface area contributed by atoms with Gasteiger partial charge in [-0.1, -0.05) is 6.92 Å². The number of carbonyl (C=O) groups is 1. The van der Waals surface area contributed by atoms with E-state index in [1.54, 1.807) is 35.2 Å². The third-order valence-electron chi connectivity index (χ3n) is 5.11. The molecule has 0 unspecified atom stereocenters. The molecule has 4 heterocycles. The van der Waals surface area contributed by atoms with Crippen molar-refractivity contribution in [1.82, 2.24) is 29.4 Å². The minimum atomic E-state index is -0.237. The van der Waals surface area contributed by atoms with Gasteiger partial charge in [-0.05, 0) is 32.0 Å². The van der Waals surface area contributed by atoms with E-state index < -0.39 is 0 Å². The highest BCUT2D eigenvalue weighted by Gasteiger charge is 2.23. The van der Waals surface area contributed by atoms with Gasteiger partial charge in [0.2, 0.25) is 5.91 Å². The van der Waals surface area contributed by atoms with E-state index in [2.05, 4.69) is 27.2 Å². The standard InChI is InChI=1S/C18H22N6O2/c1-2-22-8-3-4-13(22)10-20-17(25)12-23-9-6-15-14(18(23)26)11-19-16-5-7-21-24(15)16/h5-7,9,11,13H,2-4,8,10,12H2,1H3,(H,20,25)/t13-/m1/s1. The van der Waals surface area contributed by atoms with Gasteiger partial charge in [0.05, 0.1) is 17.1 Å². The molecule has 0 radical (unpaired) electrons. The van der Waals surface area contributed by atoms with Crippen LogP contribution in [0.4, 0.5) is 0 Å². The molecular weight excluding hydrogens is 332 g/mol. The maximum atomic E-state index is 12.7. The number of nitrogens with one attached hydrogen (secondary N) is 1. The third kappa shape index (κ3) is 2.96. The monoisotopic (exact) mass is 354 g/mol. The van der Waals surface area contributed by atoms with Crippen LogP contribution >= 0.6 is 0 Å². The lowest BCUT2D eigenvalue weighted by Crippen LogP contribution is -2.41. The molecule has 1 N–H and O–H groups in total. The number of pyridine rings is 1. The normalized spacial score (nSPS) is 18.0. The highest BCUT2D eigenvalue weighted by Crippen LogP contribution is 2.15. The largest absolute Gasteiger partial charge is 0.353 e. The van der Waals surface area contributed by atoms with Crippen LogP contribution in [0.5, 0.6) is 0 Å². The highest BCUT2D eigenvalue weighted by atomic mass is 16.2. The summed E-state index contributed by atoms with van der Waals surface area (Å²) in [5, 5.41) is 7.60. The second-order valence-corrected chi connectivity index (χ2v) is 6.64. The van der Waals surface area contributed by atoms with Crippen molar-refractivity contribution >= 4 is 22.5 Å². The van der Waals surface area contributed by atoms with E-state index in [1.807, 2.05) is 0 Å². The summed E-state index contributed by atoms with van der Waals surface area (Å²) in [5.41, 5.74) is 1.13. The Kier molecular flexibility index (Phi) is 4.42. The molecule has 0 saturated carbocycles. The van der Waals surface area contributed by atoms with Gasteiger partial charge in [-0.25, -0.2) is 9.50 Å². The first-order valence-corrected chi connectivity index (χ1v) is 9.00. The molecule has 26 heavy (non-hydrogen) atoms. The lowest BCUT2D eigenvalue weighted by molar-refractivity contribution is -0.121. The topological polar surface area (TPSA) is 84.5 Å². The number of nitrogens with zero attached hydrogens (tertiary/aromatic N) is 5. The summed E-state index contributed by atoms with van der Waals surface area (Å²) in [5.74, 6) is -0.150. The fraction of sp³-hybridized carbons (Fsp3) is 0.444. The fourth-order valence-electron chi connectivity index (χ4n) is 3.71. The van der Waals surface area contributed by atoms with Crippen molar-refractivity contribution in [2.45, 2.75) is 32.4 Å². The second-order valence-electron chi connectivity index (χ2n) is 6.64. The average Bonchev–Trinajstić information content (AvgIpc) is 3.30. The Balaban J connectivity index is 1.50. The number of hydrogen-bond donors (Lipinski definition) is 1. The number of likely N-dealkylation sites (N-methyl/N-ethyl adjacent to an activating group) is 1. The zero-order valence-corrected chi connectivity index (χ0v) is 14.8. The Morgan fingerprint density at radius 1 is 1.38 bits per heavy atom. The van der Waals surface area contributed by atoms with Crippen molar-refractivity contribution in [2.75, 3.05) is 19.6 Å². The molecular formula is C18H22N6O2. The van der Waals surface area contributed by atoms with E-state index >= 15 is 0 Å². The second kappa shape index (κ2) is 6.87. The van der Waals surface area contributed by atoms with E-state index in [0.29, 0.717) is 29.1 Å². The zero-order valence-electron chi connectivity index (χ0n) is 14.8. The minimum Gasteiger partial charge on any atom is -0.353 e. The van der Waals surface area contributed by atoms with Gasteiger partial charge >= 0.3 is 0 Å². The summed E-state index contributed by atoms with van der Waals surface area (Å²) >= 11 is 0. The van der Waals surface area contributed by atoms with Gasteiger partial charge in [-0.15, -0.1) is 0 Å². The van der Waals surface area contributed by atoms with Crippen molar-refractivity contribution in [3.8, 4) is 0 Å². The smallest absolute Gasteiger partial charge is 0.262 e.